The van der Waals surface area contributed by atoms with E-state index in [0.29, 0.717) is 12.8 Å². The van der Waals surface area contributed by atoms with Gasteiger partial charge in [0.05, 0.1) is 6.10 Å². The Kier molecular flexibility index (Phi) is 2.96. The van der Waals surface area contributed by atoms with Crippen LogP contribution in [-0.4, -0.2) is 28.5 Å². The number of rotatable bonds is 1. The van der Waals surface area contributed by atoms with Crippen molar-refractivity contribution in [2.24, 2.45) is 5.18 Å². The van der Waals surface area contributed by atoms with E-state index in [1.165, 1.54) is 0 Å². The number of hydrogen-bond acceptors (Lipinski definition) is 4. The second kappa shape index (κ2) is 3.78. The van der Waals surface area contributed by atoms with Gasteiger partial charge < -0.3 is 10.2 Å². The van der Waals surface area contributed by atoms with Crippen molar-refractivity contribution in [2.75, 3.05) is 0 Å². The van der Waals surface area contributed by atoms with Crippen LogP contribution in [0.1, 0.15) is 25.7 Å². The topological polar surface area (TPSA) is 69.9 Å². The Bertz CT molecular complexity index is 140. The zero-order valence-corrected chi connectivity index (χ0v) is 6.31. The van der Waals surface area contributed by atoms with E-state index in [0.717, 1.165) is 12.8 Å². The highest BCUT2D eigenvalue weighted by molar-refractivity contribution is 4.83. The van der Waals surface area contributed by atoms with E-state index in [9.17, 15) is 15.1 Å². The van der Waals surface area contributed by atoms with Crippen molar-refractivity contribution in [3.05, 3.63) is 4.91 Å². The van der Waals surface area contributed by atoms with E-state index in [1.54, 1.807) is 0 Å². The molecule has 0 spiro atoms. The lowest BCUT2D eigenvalue weighted by Gasteiger charge is -2.17. The molecule has 1 fully saturated rings. The summed E-state index contributed by atoms with van der Waals surface area (Å²) < 4.78 is 0. The number of nitroso groups, excluding NO2 is 1. The molecule has 2 N–H and O–H groups in total. The monoisotopic (exact) mass is 159 g/mol. The molecule has 4 nitrogen and oxygen atoms in total. The molecular weight excluding hydrogens is 146 g/mol. The van der Waals surface area contributed by atoms with Gasteiger partial charge in [0.2, 0.25) is 0 Å². The molecule has 0 amide bonds. The normalized spacial score (nSPS) is 39.6. The van der Waals surface area contributed by atoms with Crippen LogP contribution in [-0.2, 0) is 0 Å². The molecule has 1 aliphatic carbocycles. The van der Waals surface area contributed by atoms with E-state index in [-0.39, 0.29) is 0 Å². The average Bonchev–Trinajstić information content (AvgIpc) is 2.16. The molecule has 1 aliphatic rings. The van der Waals surface area contributed by atoms with Gasteiger partial charge in [-0.15, -0.1) is 0 Å². The first-order chi connectivity index (χ1) is 5.25. The number of aliphatic hydroxyl groups is 2. The first-order valence-corrected chi connectivity index (χ1v) is 3.94. The molecular formula is C7H13NO3. The number of nitrogens with zero attached hydrogens (tertiary/aromatic N) is 1. The van der Waals surface area contributed by atoms with Gasteiger partial charge in [-0.25, -0.2) is 0 Å². The van der Waals surface area contributed by atoms with Crippen LogP contribution in [0, 0.1) is 4.91 Å². The van der Waals surface area contributed by atoms with Crippen LogP contribution in [0.2, 0.25) is 0 Å². The molecule has 1 rings (SSSR count). The molecule has 0 saturated heterocycles. The quantitative estimate of drug-likeness (QED) is 0.430. The van der Waals surface area contributed by atoms with Gasteiger partial charge in [-0.3, -0.25) is 0 Å². The Balaban J connectivity index is 2.56. The lowest BCUT2D eigenvalue weighted by atomic mass is 10.1. The smallest absolute Gasteiger partial charge is 0.120 e. The third-order valence-corrected chi connectivity index (χ3v) is 2.17. The van der Waals surface area contributed by atoms with Crippen molar-refractivity contribution in [1.29, 1.82) is 0 Å². The standard InChI is InChI=1S/C7H13NO3/c9-6-4-2-1-3-5(8-11)7(6)10/h5-7,9-10H,1-4H2. The van der Waals surface area contributed by atoms with E-state index < -0.39 is 18.2 Å². The van der Waals surface area contributed by atoms with Gasteiger partial charge in [-0.1, -0.05) is 18.0 Å². The molecule has 64 valence electrons. The van der Waals surface area contributed by atoms with Gasteiger partial charge in [-0.2, -0.15) is 4.91 Å². The van der Waals surface area contributed by atoms with Gasteiger partial charge in [-0.05, 0) is 12.8 Å². The number of aliphatic hydroxyl groups excluding tert-OH is 2. The Morgan fingerprint density at radius 3 is 2.45 bits per heavy atom. The summed E-state index contributed by atoms with van der Waals surface area (Å²) in [6, 6.07) is -0.604. The van der Waals surface area contributed by atoms with Gasteiger partial charge in [0.1, 0.15) is 12.1 Å². The molecule has 0 bridgehead atoms. The fourth-order valence-corrected chi connectivity index (χ4v) is 1.42. The van der Waals surface area contributed by atoms with Crippen molar-refractivity contribution < 1.29 is 10.2 Å². The van der Waals surface area contributed by atoms with E-state index in [2.05, 4.69) is 5.18 Å². The summed E-state index contributed by atoms with van der Waals surface area (Å²) >= 11 is 0. The second-order valence-corrected chi connectivity index (χ2v) is 3.02. The zero-order valence-electron chi connectivity index (χ0n) is 6.31. The maximum atomic E-state index is 10.1. The first kappa shape index (κ1) is 8.62. The summed E-state index contributed by atoms with van der Waals surface area (Å²) in [5, 5.41) is 21.3. The van der Waals surface area contributed by atoms with Crippen molar-refractivity contribution in [1.82, 2.24) is 0 Å². The Labute approximate surface area is 65.2 Å². The molecule has 0 aromatic carbocycles. The lowest BCUT2D eigenvalue weighted by molar-refractivity contribution is 0.00593. The minimum Gasteiger partial charge on any atom is -0.390 e. The summed E-state index contributed by atoms with van der Waals surface area (Å²) in [4.78, 5) is 10.1. The maximum Gasteiger partial charge on any atom is 0.120 e. The van der Waals surface area contributed by atoms with Gasteiger partial charge in [0.25, 0.3) is 0 Å². The van der Waals surface area contributed by atoms with Gasteiger partial charge in [0, 0.05) is 0 Å². The molecule has 0 aromatic rings. The van der Waals surface area contributed by atoms with Crippen molar-refractivity contribution in [3.8, 4) is 0 Å². The van der Waals surface area contributed by atoms with Crippen molar-refractivity contribution in [3.63, 3.8) is 0 Å². The first-order valence-electron chi connectivity index (χ1n) is 3.94. The number of hydrogen-bond donors (Lipinski definition) is 2. The Morgan fingerprint density at radius 2 is 1.82 bits per heavy atom. The van der Waals surface area contributed by atoms with Crippen LogP contribution in [0.15, 0.2) is 5.18 Å². The average molecular weight is 159 g/mol. The largest absolute Gasteiger partial charge is 0.390 e. The highest BCUT2D eigenvalue weighted by Crippen LogP contribution is 2.20. The van der Waals surface area contributed by atoms with Gasteiger partial charge >= 0.3 is 0 Å². The van der Waals surface area contributed by atoms with Crippen LogP contribution in [0.4, 0.5) is 0 Å². The zero-order chi connectivity index (χ0) is 8.27. The van der Waals surface area contributed by atoms with Crippen LogP contribution in [0.25, 0.3) is 0 Å². The van der Waals surface area contributed by atoms with Crippen molar-refractivity contribution >= 4 is 0 Å². The van der Waals surface area contributed by atoms with Crippen LogP contribution in [0.5, 0.6) is 0 Å². The minimum absolute atomic E-state index is 0.577. The van der Waals surface area contributed by atoms with E-state index in [1.807, 2.05) is 0 Å². The molecule has 1 saturated carbocycles. The third-order valence-electron chi connectivity index (χ3n) is 2.17. The molecule has 0 aliphatic heterocycles. The van der Waals surface area contributed by atoms with Crippen LogP contribution in [0.3, 0.4) is 0 Å². The Hall–Kier alpha value is -0.480. The summed E-state index contributed by atoms with van der Waals surface area (Å²) in [5.41, 5.74) is 0. The minimum atomic E-state index is -0.949. The SMILES string of the molecule is O=NC1CCCCC(O)C1O. The van der Waals surface area contributed by atoms with Crippen LogP contribution < -0.4 is 0 Å². The van der Waals surface area contributed by atoms with Gasteiger partial charge in [0.15, 0.2) is 0 Å². The molecule has 3 unspecified atom stereocenters. The van der Waals surface area contributed by atoms with Crippen LogP contribution >= 0.6 is 0 Å². The summed E-state index contributed by atoms with van der Waals surface area (Å²) in [7, 11) is 0. The Morgan fingerprint density at radius 1 is 1.18 bits per heavy atom. The summed E-state index contributed by atoms with van der Waals surface area (Å²) in [5.74, 6) is 0. The van der Waals surface area contributed by atoms with E-state index in [4.69, 9.17) is 0 Å². The molecule has 0 heterocycles. The fourth-order valence-electron chi connectivity index (χ4n) is 1.42. The van der Waals surface area contributed by atoms with E-state index >= 15 is 0 Å². The predicted molar refractivity (Wildman–Crippen MR) is 40.1 cm³/mol. The van der Waals surface area contributed by atoms with Crippen molar-refractivity contribution in [2.45, 2.75) is 43.9 Å². The molecule has 3 atom stereocenters. The molecule has 0 aromatic heterocycles. The molecule has 4 heteroatoms. The summed E-state index contributed by atoms with van der Waals surface area (Å²) in [6.07, 6.45) is 1.19. The molecule has 11 heavy (non-hydrogen) atoms. The summed E-state index contributed by atoms with van der Waals surface area (Å²) in [6.45, 7) is 0. The highest BCUT2D eigenvalue weighted by Gasteiger charge is 2.29. The fraction of sp³-hybridized carbons (Fsp3) is 1.00. The lowest BCUT2D eigenvalue weighted by Crippen LogP contribution is -2.34. The maximum absolute atomic E-state index is 10.1. The molecule has 0 radical (unpaired) electrons. The predicted octanol–water partition coefficient (Wildman–Crippen LogP) is 0.417. The second-order valence-electron chi connectivity index (χ2n) is 3.02. The third kappa shape index (κ3) is 1.97. The highest BCUT2D eigenvalue weighted by atomic mass is 16.3.